The van der Waals surface area contributed by atoms with Gasteiger partial charge in [0, 0.05) is 11.2 Å². The fraction of sp³-hybridized carbons (Fsp3) is 0.500. The summed E-state index contributed by atoms with van der Waals surface area (Å²) in [6.07, 6.45) is -4.76. The molecule has 0 heterocycles. The van der Waals surface area contributed by atoms with Gasteiger partial charge in [-0.15, -0.1) is 0 Å². The van der Waals surface area contributed by atoms with Crippen molar-refractivity contribution >= 4 is 15.9 Å². The van der Waals surface area contributed by atoms with Gasteiger partial charge in [-0.2, -0.15) is 13.2 Å². The van der Waals surface area contributed by atoms with Crippen molar-refractivity contribution in [2.24, 2.45) is 0 Å². The van der Waals surface area contributed by atoms with Gasteiger partial charge in [-0.25, -0.2) is 0 Å². The summed E-state index contributed by atoms with van der Waals surface area (Å²) in [4.78, 5) is -0.228. The highest BCUT2D eigenvalue weighted by Crippen LogP contribution is 2.33. The van der Waals surface area contributed by atoms with E-state index in [-0.39, 0.29) is 11.2 Å². The topological polar surface area (TPSA) is 0 Å². The third kappa shape index (κ3) is 4.16. The van der Waals surface area contributed by atoms with Crippen LogP contribution in [0.15, 0.2) is 18.2 Å². The highest BCUT2D eigenvalue weighted by molar-refractivity contribution is 9.09. The Hall–Kier alpha value is -0.510. The molecule has 0 spiro atoms. The van der Waals surface area contributed by atoms with Crippen molar-refractivity contribution in [2.45, 2.75) is 37.7 Å². The summed E-state index contributed by atoms with van der Waals surface area (Å²) in [5.41, 5.74) is 3.17. The summed E-state index contributed by atoms with van der Waals surface area (Å²) < 4.78 is 36.2. The van der Waals surface area contributed by atoms with Crippen LogP contribution in [0.1, 0.15) is 34.4 Å². The first-order valence-corrected chi connectivity index (χ1v) is 5.99. The van der Waals surface area contributed by atoms with E-state index in [1.165, 1.54) is 0 Å². The average Bonchev–Trinajstić information content (AvgIpc) is 2.17. The SMILES string of the molecule is Cc1ccc(C(Br)CCC(F)(F)F)cc1C. The summed E-state index contributed by atoms with van der Waals surface area (Å²) in [6.45, 7) is 3.94. The Labute approximate surface area is 102 Å². The van der Waals surface area contributed by atoms with Crippen molar-refractivity contribution in [1.29, 1.82) is 0 Å². The Kier molecular flexibility index (Phi) is 4.42. The molecule has 0 saturated heterocycles. The minimum Gasteiger partial charge on any atom is -0.171 e. The number of hydrogen-bond donors (Lipinski definition) is 0. The van der Waals surface area contributed by atoms with Crippen LogP contribution in [0, 0.1) is 13.8 Å². The molecule has 0 saturated carbocycles. The smallest absolute Gasteiger partial charge is 0.171 e. The van der Waals surface area contributed by atoms with E-state index >= 15 is 0 Å². The monoisotopic (exact) mass is 294 g/mol. The van der Waals surface area contributed by atoms with E-state index in [4.69, 9.17) is 0 Å². The second-order valence-electron chi connectivity index (χ2n) is 3.97. The fourth-order valence-corrected chi connectivity index (χ4v) is 1.93. The Morgan fingerprint density at radius 3 is 2.31 bits per heavy atom. The summed E-state index contributed by atoms with van der Waals surface area (Å²) in [5, 5.41) is 0. The minimum absolute atomic E-state index is 0.0754. The summed E-state index contributed by atoms with van der Waals surface area (Å²) in [5.74, 6) is 0. The maximum absolute atomic E-state index is 12.1. The Balaban J connectivity index is 2.66. The molecular formula is C12H14BrF3. The average molecular weight is 295 g/mol. The van der Waals surface area contributed by atoms with Crippen LogP contribution < -0.4 is 0 Å². The van der Waals surface area contributed by atoms with Crippen molar-refractivity contribution in [1.82, 2.24) is 0 Å². The molecule has 1 unspecified atom stereocenters. The minimum atomic E-state index is -4.08. The first kappa shape index (κ1) is 13.6. The summed E-state index contributed by atoms with van der Waals surface area (Å²) in [7, 11) is 0. The zero-order valence-corrected chi connectivity index (χ0v) is 10.8. The Morgan fingerprint density at radius 2 is 1.81 bits per heavy atom. The Bertz CT molecular complexity index is 358. The second kappa shape index (κ2) is 5.21. The zero-order chi connectivity index (χ0) is 12.3. The lowest BCUT2D eigenvalue weighted by atomic mass is 10.0. The molecule has 0 nitrogen and oxygen atoms in total. The van der Waals surface area contributed by atoms with Gasteiger partial charge in [-0.05, 0) is 37.0 Å². The van der Waals surface area contributed by atoms with Gasteiger partial charge in [0.25, 0.3) is 0 Å². The third-order valence-corrected chi connectivity index (χ3v) is 3.56. The van der Waals surface area contributed by atoms with Gasteiger partial charge in [-0.3, -0.25) is 0 Å². The van der Waals surface area contributed by atoms with E-state index in [1.807, 2.05) is 32.0 Å². The Morgan fingerprint density at radius 1 is 1.19 bits per heavy atom. The molecule has 0 radical (unpaired) electrons. The molecule has 16 heavy (non-hydrogen) atoms. The van der Waals surface area contributed by atoms with Crippen LogP contribution in [-0.2, 0) is 0 Å². The van der Waals surface area contributed by atoms with Gasteiger partial charge in [0.15, 0.2) is 0 Å². The van der Waals surface area contributed by atoms with Crippen LogP contribution in [0.5, 0.6) is 0 Å². The fourth-order valence-electron chi connectivity index (χ4n) is 1.42. The van der Waals surface area contributed by atoms with Crippen LogP contribution in [0.2, 0.25) is 0 Å². The molecule has 0 fully saturated rings. The first-order valence-electron chi connectivity index (χ1n) is 5.07. The second-order valence-corrected chi connectivity index (χ2v) is 5.07. The molecule has 90 valence electrons. The van der Waals surface area contributed by atoms with Gasteiger partial charge in [-0.1, -0.05) is 34.1 Å². The van der Waals surface area contributed by atoms with Gasteiger partial charge < -0.3 is 0 Å². The molecule has 0 amide bonds. The van der Waals surface area contributed by atoms with Gasteiger partial charge in [0.05, 0.1) is 0 Å². The van der Waals surface area contributed by atoms with E-state index in [2.05, 4.69) is 15.9 Å². The van der Waals surface area contributed by atoms with Crippen LogP contribution in [-0.4, -0.2) is 6.18 Å². The molecule has 1 aromatic carbocycles. The van der Waals surface area contributed by atoms with E-state index in [9.17, 15) is 13.2 Å². The van der Waals surface area contributed by atoms with Crippen LogP contribution in [0.25, 0.3) is 0 Å². The van der Waals surface area contributed by atoms with Gasteiger partial charge in [0.2, 0.25) is 0 Å². The lowest BCUT2D eigenvalue weighted by molar-refractivity contribution is -0.135. The number of hydrogen-bond acceptors (Lipinski definition) is 0. The molecule has 0 aromatic heterocycles. The van der Waals surface area contributed by atoms with E-state index < -0.39 is 12.6 Å². The number of benzene rings is 1. The van der Waals surface area contributed by atoms with Crippen LogP contribution >= 0.6 is 15.9 Å². The highest BCUT2D eigenvalue weighted by Gasteiger charge is 2.28. The van der Waals surface area contributed by atoms with E-state index in [0.717, 1.165) is 16.7 Å². The van der Waals surface area contributed by atoms with Gasteiger partial charge >= 0.3 is 6.18 Å². The molecule has 1 aromatic rings. The number of aryl methyl sites for hydroxylation is 2. The van der Waals surface area contributed by atoms with Crippen molar-refractivity contribution in [3.8, 4) is 0 Å². The van der Waals surface area contributed by atoms with Crippen molar-refractivity contribution < 1.29 is 13.2 Å². The third-order valence-electron chi connectivity index (χ3n) is 2.57. The van der Waals surface area contributed by atoms with Crippen LogP contribution in [0.3, 0.4) is 0 Å². The predicted molar refractivity (Wildman–Crippen MR) is 62.9 cm³/mol. The molecule has 0 aliphatic rings. The maximum Gasteiger partial charge on any atom is 0.389 e. The predicted octanol–water partition coefficient (Wildman–Crippen LogP) is 5.08. The quantitative estimate of drug-likeness (QED) is 0.682. The summed E-state index contributed by atoms with van der Waals surface area (Å²) >= 11 is 3.30. The van der Waals surface area contributed by atoms with E-state index in [1.54, 1.807) is 0 Å². The largest absolute Gasteiger partial charge is 0.389 e. The maximum atomic E-state index is 12.1. The first-order chi connectivity index (χ1) is 7.29. The number of alkyl halides is 4. The van der Waals surface area contributed by atoms with Crippen LogP contribution in [0.4, 0.5) is 13.2 Å². The normalized spacial score (nSPS) is 13.9. The molecular weight excluding hydrogens is 281 g/mol. The summed E-state index contributed by atoms with van der Waals surface area (Å²) in [6, 6.07) is 5.75. The molecule has 1 rings (SSSR count). The lowest BCUT2D eigenvalue weighted by Crippen LogP contribution is -2.08. The zero-order valence-electron chi connectivity index (χ0n) is 9.24. The molecule has 0 aliphatic carbocycles. The lowest BCUT2D eigenvalue weighted by Gasteiger charge is -2.13. The number of halogens is 4. The molecule has 0 aliphatic heterocycles. The molecule has 0 N–H and O–H groups in total. The van der Waals surface area contributed by atoms with Crippen molar-refractivity contribution in [3.63, 3.8) is 0 Å². The molecule has 1 atom stereocenters. The number of rotatable bonds is 3. The van der Waals surface area contributed by atoms with Crippen molar-refractivity contribution in [3.05, 3.63) is 34.9 Å². The molecule has 4 heteroatoms. The highest BCUT2D eigenvalue weighted by atomic mass is 79.9. The molecule has 0 bridgehead atoms. The van der Waals surface area contributed by atoms with E-state index in [0.29, 0.717) is 0 Å². The standard InChI is InChI=1S/C12H14BrF3/c1-8-3-4-10(7-9(8)2)11(13)5-6-12(14,15)16/h3-4,7,11H,5-6H2,1-2H3. The van der Waals surface area contributed by atoms with Crippen molar-refractivity contribution in [2.75, 3.05) is 0 Å². The van der Waals surface area contributed by atoms with Gasteiger partial charge in [0.1, 0.15) is 0 Å².